The Morgan fingerprint density at radius 2 is 1.78 bits per heavy atom. The summed E-state index contributed by atoms with van der Waals surface area (Å²) in [7, 11) is 0. The highest BCUT2D eigenvalue weighted by Crippen LogP contribution is 2.19. The van der Waals surface area contributed by atoms with Crippen molar-refractivity contribution in [3.63, 3.8) is 0 Å². The van der Waals surface area contributed by atoms with E-state index in [2.05, 4.69) is 87.6 Å². The van der Waals surface area contributed by atoms with Gasteiger partial charge in [0.25, 0.3) is 0 Å². The average Bonchev–Trinajstić information content (AvgIpc) is 2.82. The standard InChI is InChI=1S/C15H13IN2/c16-12-5-7-13(8-6-12)17-9-11-10-18-15-4-2-1-3-14(11)15/h1-8,10,17-18H,9H2. The second kappa shape index (κ2) is 5.02. The van der Waals surface area contributed by atoms with Crippen molar-refractivity contribution in [3.05, 3.63) is 63.9 Å². The lowest BCUT2D eigenvalue weighted by atomic mass is 10.2. The van der Waals surface area contributed by atoms with Gasteiger partial charge in [-0.05, 0) is 58.5 Å². The van der Waals surface area contributed by atoms with Crippen LogP contribution in [0.2, 0.25) is 0 Å². The molecule has 0 amide bonds. The topological polar surface area (TPSA) is 27.8 Å². The van der Waals surface area contributed by atoms with Gasteiger partial charge in [-0.3, -0.25) is 0 Å². The van der Waals surface area contributed by atoms with Crippen molar-refractivity contribution in [3.8, 4) is 0 Å². The molecule has 0 aliphatic heterocycles. The summed E-state index contributed by atoms with van der Waals surface area (Å²) in [6.07, 6.45) is 2.07. The molecule has 2 aromatic carbocycles. The van der Waals surface area contributed by atoms with Gasteiger partial charge < -0.3 is 10.3 Å². The van der Waals surface area contributed by atoms with Crippen LogP contribution in [0.3, 0.4) is 0 Å². The largest absolute Gasteiger partial charge is 0.381 e. The first-order valence-corrected chi connectivity index (χ1v) is 6.95. The molecule has 0 atom stereocenters. The molecular weight excluding hydrogens is 335 g/mol. The van der Waals surface area contributed by atoms with E-state index in [0.29, 0.717) is 0 Å². The molecule has 0 unspecified atom stereocenters. The smallest absolute Gasteiger partial charge is 0.0457 e. The Morgan fingerprint density at radius 3 is 2.61 bits per heavy atom. The molecule has 3 rings (SSSR count). The Hall–Kier alpha value is -1.49. The second-order valence-corrected chi connectivity index (χ2v) is 5.47. The molecule has 0 aliphatic rings. The molecule has 0 radical (unpaired) electrons. The lowest BCUT2D eigenvalue weighted by Crippen LogP contribution is -1.98. The zero-order valence-corrected chi connectivity index (χ0v) is 11.9. The maximum atomic E-state index is 3.44. The quantitative estimate of drug-likeness (QED) is 0.676. The van der Waals surface area contributed by atoms with Gasteiger partial charge in [0.1, 0.15) is 0 Å². The van der Waals surface area contributed by atoms with Crippen LogP contribution in [0.15, 0.2) is 54.7 Å². The molecule has 0 aliphatic carbocycles. The van der Waals surface area contributed by atoms with Gasteiger partial charge in [-0.15, -0.1) is 0 Å². The third-order valence-corrected chi connectivity index (χ3v) is 3.72. The van der Waals surface area contributed by atoms with Crippen molar-refractivity contribution in [2.75, 3.05) is 5.32 Å². The Balaban J connectivity index is 1.79. The molecule has 90 valence electrons. The summed E-state index contributed by atoms with van der Waals surface area (Å²) in [4.78, 5) is 3.29. The third kappa shape index (κ3) is 2.36. The maximum Gasteiger partial charge on any atom is 0.0457 e. The lowest BCUT2D eigenvalue weighted by molar-refractivity contribution is 1.16. The van der Waals surface area contributed by atoms with Gasteiger partial charge in [-0.1, -0.05) is 18.2 Å². The molecule has 0 bridgehead atoms. The number of aromatic nitrogens is 1. The Kier molecular flexibility index (Phi) is 3.23. The van der Waals surface area contributed by atoms with Crippen molar-refractivity contribution >= 4 is 39.2 Å². The van der Waals surface area contributed by atoms with Crippen LogP contribution >= 0.6 is 22.6 Å². The normalized spacial score (nSPS) is 10.7. The van der Waals surface area contributed by atoms with E-state index in [-0.39, 0.29) is 0 Å². The summed E-state index contributed by atoms with van der Waals surface area (Å²) in [6.45, 7) is 0.838. The highest BCUT2D eigenvalue weighted by atomic mass is 127. The van der Waals surface area contributed by atoms with Crippen molar-refractivity contribution < 1.29 is 0 Å². The van der Waals surface area contributed by atoms with Crippen LogP contribution < -0.4 is 5.32 Å². The summed E-state index contributed by atoms with van der Waals surface area (Å²) in [5.41, 5.74) is 3.64. The average molecular weight is 348 g/mol. The van der Waals surface area contributed by atoms with Crippen LogP contribution in [0.25, 0.3) is 10.9 Å². The zero-order valence-electron chi connectivity index (χ0n) is 9.78. The van der Waals surface area contributed by atoms with Crippen LogP contribution in [0.5, 0.6) is 0 Å². The van der Waals surface area contributed by atoms with Gasteiger partial charge >= 0.3 is 0 Å². The monoisotopic (exact) mass is 348 g/mol. The fourth-order valence-corrected chi connectivity index (χ4v) is 2.40. The van der Waals surface area contributed by atoms with Crippen LogP contribution in [-0.2, 0) is 6.54 Å². The fourth-order valence-electron chi connectivity index (χ4n) is 2.04. The number of halogens is 1. The maximum absolute atomic E-state index is 3.44. The molecule has 2 nitrogen and oxygen atoms in total. The van der Waals surface area contributed by atoms with Gasteiger partial charge in [0.05, 0.1) is 0 Å². The first-order chi connectivity index (χ1) is 8.83. The SMILES string of the molecule is Ic1ccc(NCc2c[nH]c3ccccc23)cc1. The lowest BCUT2D eigenvalue weighted by Gasteiger charge is -2.05. The van der Waals surface area contributed by atoms with Gasteiger partial charge in [0.15, 0.2) is 0 Å². The van der Waals surface area contributed by atoms with Crippen molar-refractivity contribution in [1.29, 1.82) is 0 Å². The number of rotatable bonds is 3. The molecule has 1 aromatic heterocycles. The first kappa shape index (κ1) is 11.6. The van der Waals surface area contributed by atoms with E-state index in [1.54, 1.807) is 0 Å². The van der Waals surface area contributed by atoms with Crippen molar-refractivity contribution in [2.45, 2.75) is 6.54 Å². The highest BCUT2D eigenvalue weighted by molar-refractivity contribution is 14.1. The van der Waals surface area contributed by atoms with E-state index in [9.17, 15) is 0 Å². The molecule has 0 saturated carbocycles. The minimum Gasteiger partial charge on any atom is -0.381 e. The zero-order chi connectivity index (χ0) is 12.4. The van der Waals surface area contributed by atoms with Gasteiger partial charge in [0.2, 0.25) is 0 Å². The molecular formula is C15H13IN2. The molecule has 3 heteroatoms. The number of hydrogen-bond donors (Lipinski definition) is 2. The molecule has 3 aromatic rings. The molecule has 18 heavy (non-hydrogen) atoms. The van der Waals surface area contributed by atoms with Gasteiger partial charge in [-0.25, -0.2) is 0 Å². The van der Waals surface area contributed by atoms with Crippen LogP contribution in [-0.4, -0.2) is 4.98 Å². The summed E-state index contributed by atoms with van der Waals surface area (Å²) in [6, 6.07) is 16.8. The molecule has 1 heterocycles. The second-order valence-electron chi connectivity index (χ2n) is 4.22. The molecule has 2 N–H and O–H groups in total. The fraction of sp³-hybridized carbons (Fsp3) is 0.0667. The Bertz CT molecular complexity index is 656. The Labute approximate surface area is 120 Å². The third-order valence-electron chi connectivity index (χ3n) is 3.00. The van der Waals surface area contributed by atoms with E-state index in [1.165, 1.54) is 20.0 Å². The predicted octanol–water partition coefficient (Wildman–Crippen LogP) is 4.38. The minimum atomic E-state index is 0.838. The summed E-state index contributed by atoms with van der Waals surface area (Å²) in [5, 5.41) is 4.73. The number of hydrogen-bond acceptors (Lipinski definition) is 1. The van der Waals surface area contributed by atoms with Gasteiger partial charge in [0, 0.05) is 32.9 Å². The number of aromatic amines is 1. The van der Waals surface area contributed by atoms with Crippen molar-refractivity contribution in [2.24, 2.45) is 0 Å². The summed E-state index contributed by atoms with van der Waals surface area (Å²) in [5.74, 6) is 0. The van der Waals surface area contributed by atoms with Crippen LogP contribution in [0.4, 0.5) is 5.69 Å². The number of benzene rings is 2. The minimum absolute atomic E-state index is 0.838. The Morgan fingerprint density at radius 1 is 1.00 bits per heavy atom. The summed E-state index contributed by atoms with van der Waals surface area (Å²) < 4.78 is 1.25. The molecule has 0 saturated heterocycles. The number of H-pyrrole nitrogens is 1. The van der Waals surface area contributed by atoms with E-state index in [1.807, 2.05) is 0 Å². The molecule has 0 spiro atoms. The number of para-hydroxylation sites is 1. The van der Waals surface area contributed by atoms with Gasteiger partial charge in [-0.2, -0.15) is 0 Å². The number of anilines is 1. The van der Waals surface area contributed by atoms with Crippen LogP contribution in [0, 0.1) is 3.57 Å². The highest BCUT2D eigenvalue weighted by Gasteiger charge is 2.02. The predicted molar refractivity (Wildman–Crippen MR) is 84.8 cm³/mol. The molecule has 0 fully saturated rings. The number of nitrogens with one attached hydrogen (secondary N) is 2. The van der Waals surface area contributed by atoms with E-state index in [0.717, 1.165) is 12.2 Å². The van der Waals surface area contributed by atoms with E-state index in [4.69, 9.17) is 0 Å². The van der Waals surface area contributed by atoms with E-state index < -0.39 is 0 Å². The van der Waals surface area contributed by atoms with Crippen molar-refractivity contribution in [1.82, 2.24) is 4.98 Å². The first-order valence-electron chi connectivity index (χ1n) is 5.87. The van der Waals surface area contributed by atoms with E-state index >= 15 is 0 Å². The van der Waals surface area contributed by atoms with Crippen LogP contribution in [0.1, 0.15) is 5.56 Å². The summed E-state index contributed by atoms with van der Waals surface area (Å²) >= 11 is 2.31. The number of fused-ring (bicyclic) bond motifs is 1.